The number of aryl methyl sites for hydroxylation is 2. The Balaban J connectivity index is 0.00000800. The summed E-state index contributed by atoms with van der Waals surface area (Å²) in [7, 11) is 0. The molecule has 0 aliphatic carbocycles. The topological polar surface area (TPSA) is 50.9 Å². The number of pyridine rings is 1. The first-order valence-electron chi connectivity index (χ1n) is 26.6. The molecule has 0 atom stereocenters. The van der Waals surface area contributed by atoms with Gasteiger partial charge in [0.2, 0.25) is 0 Å². The third kappa shape index (κ3) is 9.75. The van der Waals surface area contributed by atoms with Crippen molar-refractivity contribution in [3.05, 3.63) is 166 Å². The van der Waals surface area contributed by atoms with Crippen LogP contribution in [0.3, 0.4) is 0 Å². The van der Waals surface area contributed by atoms with Gasteiger partial charge in [-0.25, -0.2) is 4.98 Å². The molecular formula is C62H68N3OPt-. The van der Waals surface area contributed by atoms with Crippen molar-refractivity contribution < 1.29 is 35.8 Å². The SMILES string of the molecule is [2H]C([2H])([2H])c1ccc(-c2ccnc(-c3[c-]c(-c4cccc5c4nc(-c4cc(C(C)(C)C)cc(C(C)(C)C)c4O)n5-c4ccc(-c5c(C(C)C)cccc5C([2H])(C)C)cc4C([2H])([2H])[2H])cc(C(C)(C)C)c3)c2)cc1.[Pt]. The molecule has 8 rings (SSSR count). The van der Waals surface area contributed by atoms with Gasteiger partial charge in [-0.3, -0.25) is 9.55 Å². The van der Waals surface area contributed by atoms with Crippen LogP contribution in [0.2, 0.25) is 0 Å². The fourth-order valence-electron chi connectivity index (χ4n) is 8.93. The molecule has 0 spiro atoms. The molecule has 0 fully saturated rings. The number of benzene rings is 6. The molecule has 0 aliphatic heterocycles. The van der Waals surface area contributed by atoms with Crippen molar-refractivity contribution in [2.75, 3.05) is 0 Å². The van der Waals surface area contributed by atoms with Crippen LogP contribution in [0, 0.1) is 19.8 Å². The van der Waals surface area contributed by atoms with Gasteiger partial charge in [-0.15, -0.1) is 29.3 Å². The largest absolute Gasteiger partial charge is 0.507 e. The van der Waals surface area contributed by atoms with Gasteiger partial charge in [0.05, 0.1) is 22.3 Å². The first-order chi connectivity index (χ1) is 33.7. The number of para-hydroxylation sites is 1. The fourth-order valence-corrected chi connectivity index (χ4v) is 8.93. The number of phenols is 1. The minimum atomic E-state index is -2.60. The van der Waals surface area contributed by atoms with Crippen molar-refractivity contribution in [1.29, 1.82) is 0 Å². The van der Waals surface area contributed by atoms with E-state index in [1.165, 1.54) is 0 Å². The molecule has 0 aliphatic rings. The summed E-state index contributed by atoms with van der Waals surface area (Å²) in [5.41, 5.74) is 12.2. The predicted octanol–water partition coefficient (Wildman–Crippen LogP) is 17.0. The minimum absolute atomic E-state index is 0. The second-order valence-electron chi connectivity index (χ2n) is 21.5. The summed E-state index contributed by atoms with van der Waals surface area (Å²) in [4.78, 5) is 10.4. The van der Waals surface area contributed by atoms with E-state index in [2.05, 4.69) is 106 Å². The molecule has 0 bridgehead atoms. The van der Waals surface area contributed by atoms with Crippen molar-refractivity contribution in [2.24, 2.45) is 0 Å². The molecule has 4 nitrogen and oxygen atoms in total. The molecule has 0 saturated heterocycles. The van der Waals surface area contributed by atoms with Crippen LogP contribution in [-0.2, 0) is 37.3 Å². The maximum atomic E-state index is 12.6. The third-order valence-electron chi connectivity index (χ3n) is 12.8. The average Bonchev–Trinajstić information content (AvgIpc) is 3.68. The monoisotopic (exact) mass is 1070 g/mol. The van der Waals surface area contributed by atoms with Crippen LogP contribution in [-0.4, -0.2) is 19.6 Å². The number of aromatic nitrogens is 3. The molecule has 0 amide bonds. The number of phenolic OH excluding ortho intramolecular Hbond substituents is 1. The standard InChI is InChI=1S/C62H68N3O.Pt/c1-37(2)48-18-16-19-49(38(3)4)56(48)43-26-27-54(40(6)30-43)65-55-21-17-20-50(57(55)64-59(65)51-35-47(61(10,11)12)36-52(58(51)66)62(13,14)15)44-31-45(33-46(32-44)60(7,8)9)53-34-42(28-29-63-53)41-24-22-39(5)23-25-41;/h16-30,32-38,66H,1-15H3;/q-1;/i5D3,6D3,37D;. The molecule has 0 saturated carbocycles. The van der Waals surface area contributed by atoms with Gasteiger partial charge < -0.3 is 5.11 Å². The van der Waals surface area contributed by atoms with Crippen LogP contribution >= 0.6 is 0 Å². The molecule has 1 N–H and O–H groups in total. The minimum Gasteiger partial charge on any atom is -0.507 e. The Kier molecular flexibility index (Phi) is 11.2. The third-order valence-corrected chi connectivity index (χ3v) is 12.8. The number of imidazole rings is 1. The van der Waals surface area contributed by atoms with E-state index in [0.29, 0.717) is 39.4 Å². The number of hydrogen-bond acceptors (Lipinski definition) is 3. The van der Waals surface area contributed by atoms with Gasteiger partial charge in [-0.1, -0.05) is 179 Å². The van der Waals surface area contributed by atoms with Crippen molar-refractivity contribution >= 4 is 11.0 Å². The van der Waals surface area contributed by atoms with Crippen LogP contribution < -0.4 is 0 Å². The maximum absolute atomic E-state index is 12.6. The summed E-state index contributed by atoms with van der Waals surface area (Å²) in [6.45, 7) is 22.2. The van der Waals surface area contributed by atoms with Gasteiger partial charge >= 0.3 is 0 Å². The van der Waals surface area contributed by atoms with Gasteiger partial charge in [-0.2, -0.15) is 0 Å². The van der Waals surface area contributed by atoms with Crippen LogP contribution in [0.4, 0.5) is 0 Å². The Bertz CT molecular complexity index is 3390. The first-order valence-corrected chi connectivity index (χ1v) is 23.1. The molecule has 5 heteroatoms. The van der Waals surface area contributed by atoms with E-state index in [4.69, 9.17) is 14.1 Å². The summed E-state index contributed by atoms with van der Waals surface area (Å²) >= 11 is 0. The van der Waals surface area contributed by atoms with Crippen LogP contribution in [0.15, 0.2) is 121 Å². The van der Waals surface area contributed by atoms with Crippen LogP contribution in [0.25, 0.3) is 72.7 Å². The summed E-state index contributed by atoms with van der Waals surface area (Å²) in [6.07, 6.45) is 1.75. The van der Waals surface area contributed by atoms with Gasteiger partial charge in [0.1, 0.15) is 11.6 Å². The summed E-state index contributed by atoms with van der Waals surface area (Å²) in [6, 6.07) is 40.3. The van der Waals surface area contributed by atoms with Gasteiger partial charge in [0.25, 0.3) is 0 Å². The molecule has 67 heavy (non-hydrogen) atoms. The van der Waals surface area contributed by atoms with Crippen molar-refractivity contribution in [2.45, 2.75) is 132 Å². The van der Waals surface area contributed by atoms with Gasteiger partial charge in [-0.05, 0) is 117 Å². The summed E-state index contributed by atoms with van der Waals surface area (Å²) < 4.78 is 62.3. The van der Waals surface area contributed by atoms with Crippen molar-refractivity contribution in [3.8, 4) is 67.5 Å². The second-order valence-corrected chi connectivity index (χ2v) is 21.5. The molecule has 0 radical (unpaired) electrons. The Morgan fingerprint density at radius 2 is 1.30 bits per heavy atom. The van der Waals surface area contributed by atoms with E-state index in [1.807, 2.05) is 91.2 Å². The van der Waals surface area contributed by atoms with Crippen molar-refractivity contribution in [1.82, 2.24) is 14.5 Å². The summed E-state index contributed by atoms with van der Waals surface area (Å²) in [5.74, 6) is -0.418. The summed E-state index contributed by atoms with van der Waals surface area (Å²) in [5, 5.41) is 12.6. The molecule has 348 valence electrons. The molecule has 0 unspecified atom stereocenters. The van der Waals surface area contributed by atoms with E-state index in [9.17, 15) is 10.6 Å². The van der Waals surface area contributed by atoms with Crippen molar-refractivity contribution in [3.63, 3.8) is 0 Å². The normalized spacial score (nSPS) is 14.4. The predicted molar refractivity (Wildman–Crippen MR) is 280 cm³/mol. The van der Waals surface area contributed by atoms with Crippen LogP contribution in [0.1, 0.15) is 150 Å². The number of nitrogens with zero attached hydrogens (tertiary/aromatic N) is 3. The number of rotatable bonds is 8. The zero-order valence-corrected chi connectivity index (χ0v) is 43.5. The van der Waals surface area contributed by atoms with E-state index < -0.39 is 25.0 Å². The smallest absolute Gasteiger partial charge is 0.148 e. The van der Waals surface area contributed by atoms with E-state index in [1.54, 1.807) is 24.4 Å². The Labute approximate surface area is 425 Å². The molecule has 8 aromatic rings. The van der Waals surface area contributed by atoms with E-state index in [0.717, 1.165) is 61.2 Å². The zero-order valence-electron chi connectivity index (χ0n) is 48.2. The Morgan fingerprint density at radius 1 is 0.642 bits per heavy atom. The second kappa shape index (κ2) is 18.5. The maximum Gasteiger partial charge on any atom is 0.148 e. The molecule has 6 aromatic carbocycles. The molecule has 2 heterocycles. The average molecular weight is 1070 g/mol. The first kappa shape index (κ1) is 40.5. The molecular weight excluding hydrogens is 998 g/mol. The quantitative estimate of drug-likeness (QED) is 0.154. The number of hydrogen-bond donors (Lipinski definition) is 1. The molecule has 2 aromatic heterocycles. The van der Waals surface area contributed by atoms with Gasteiger partial charge in [0, 0.05) is 48.1 Å². The number of aromatic hydroxyl groups is 1. The fraction of sp³-hybridized carbons (Fsp3) is 0.323. The van der Waals surface area contributed by atoms with Crippen LogP contribution in [0.5, 0.6) is 5.75 Å². The number of fused-ring (bicyclic) bond motifs is 1. The van der Waals surface area contributed by atoms with Gasteiger partial charge in [0.15, 0.2) is 0 Å². The Morgan fingerprint density at radius 3 is 1.94 bits per heavy atom. The Hall–Kier alpha value is -5.57. The zero-order chi connectivity index (χ0) is 53.5. The van der Waals surface area contributed by atoms with E-state index >= 15 is 0 Å². The van der Waals surface area contributed by atoms with E-state index in [-0.39, 0.29) is 54.7 Å².